The summed E-state index contributed by atoms with van der Waals surface area (Å²) in [4.78, 5) is 0.234. The first-order valence-electron chi connectivity index (χ1n) is 10.6. The maximum Gasteiger partial charge on any atom is 0.241 e. The second-order valence-electron chi connectivity index (χ2n) is 7.28. The molecule has 0 spiro atoms. The van der Waals surface area contributed by atoms with Crippen molar-refractivity contribution in [2.75, 3.05) is 0 Å². The topological polar surface area (TPSA) is 46.2 Å². The van der Waals surface area contributed by atoms with E-state index >= 15 is 0 Å². The Morgan fingerprint density at radius 1 is 0.885 bits per heavy atom. The zero-order valence-electron chi connectivity index (χ0n) is 16.8. The van der Waals surface area contributed by atoms with Crippen LogP contribution in [0.4, 0.5) is 0 Å². The van der Waals surface area contributed by atoms with E-state index in [1.54, 1.807) is 24.3 Å². The van der Waals surface area contributed by atoms with Crippen LogP contribution in [0.25, 0.3) is 0 Å². The van der Waals surface area contributed by atoms with Crippen molar-refractivity contribution >= 4 is 10.0 Å². The van der Waals surface area contributed by atoms with Gasteiger partial charge in [0.15, 0.2) is 0 Å². The number of sulfonamides is 1. The summed E-state index contributed by atoms with van der Waals surface area (Å²) in [6.45, 7) is 4.30. The van der Waals surface area contributed by atoms with E-state index in [9.17, 15) is 8.42 Å². The predicted octanol–water partition coefficient (Wildman–Crippen LogP) is 6.24. The van der Waals surface area contributed by atoms with Crippen molar-refractivity contribution < 1.29 is 8.42 Å². The molecule has 0 bridgehead atoms. The van der Waals surface area contributed by atoms with Crippen molar-refractivity contribution in [3.8, 4) is 0 Å². The number of nitrogens with one attached hydrogen (secondary N) is 1. The molecule has 0 amide bonds. The van der Waals surface area contributed by atoms with E-state index in [4.69, 9.17) is 0 Å². The van der Waals surface area contributed by atoms with Crippen LogP contribution >= 0.6 is 0 Å². The van der Waals surface area contributed by atoms with Crippen molar-refractivity contribution in [3.05, 3.63) is 30.3 Å². The van der Waals surface area contributed by atoms with E-state index in [-0.39, 0.29) is 10.9 Å². The molecule has 0 fully saturated rings. The van der Waals surface area contributed by atoms with Crippen LogP contribution in [0, 0.1) is 6.07 Å². The zero-order valence-corrected chi connectivity index (χ0v) is 17.6. The fourth-order valence-corrected chi connectivity index (χ4v) is 4.56. The summed E-state index contributed by atoms with van der Waals surface area (Å²) in [6, 6.07) is 9.56. The lowest BCUT2D eigenvalue weighted by atomic mass is 10.0. The molecule has 26 heavy (non-hydrogen) atoms. The van der Waals surface area contributed by atoms with Gasteiger partial charge in [-0.05, 0) is 18.9 Å². The Bertz CT molecular complexity index is 543. The minimum atomic E-state index is -3.44. The fraction of sp³-hybridized carbons (Fsp3) is 0.727. The van der Waals surface area contributed by atoms with E-state index in [1.165, 1.54) is 64.2 Å². The summed E-state index contributed by atoms with van der Waals surface area (Å²) >= 11 is 0. The maximum atomic E-state index is 12.4. The summed E-state index contributed by atoms with van der Waals surface area (Å²) in [5, 5.41) is 0. The highest BCUT2D eigenvalue weighted by atomic mass is 32.2. The standard InChI is InChI=1S/C22H38NO2S/c1-3-5-6-7-8-9-10-11-12-13-15-18-21(4-2)23-26(24,25)22-19-16-14-17-20-22/h14,16-17,19,21,23H,3-13,15,18H2,1-2H3. The van der Waals surface area contributed by atoms with Gasteiger partial charge in [0.2, 0.25) is 10.0 Å². The van der Waals surface area contributed by atoms with E-state index in [1.807, 2.05) is 6.92 Å². The van der Waals surface area contributed by atoms with Gasteiger partial charge in [-0.1, -0.05) is 103 Å². The molecule has 0 aliphatic carbocycles. The number of unbranched alkanes of at least 4 members (excludes halogenated alkanes) is 10. The smallest absolute Gasteiger partial charge is 0.208 e. The molecule has 0 saturated heterocycles. The molecule has 149 valence electrons. The van der Waals surface area contributed by atoms with Crippen molar-refractivity contribution in [1.82, 2.24) is 4.72 Å². The van der Waals surface area contributed by atoms with E-state index in [0.717, 1.165) is 19.3 Å². The normalized spacial score (nSPS) is 13.0. The molecule has 4 heteroatoms. The Labute approximate surface area is 162 Å². The number of rotatable bonds is 16. The third kappa shape index (κ3) is 10.3. The molecule has 3 nitrogen and oxygen atoms in total. The van der Waals surface area contributed by atoms with Gasteiger partial charge in [0, 0.05) is 12.1 Å². The van der Waals surface area contributed by atoms with Gasteiger partial charge in [-0.3, -0.25) is 0 Å². The number of hydrogen-bond acceptors (Lipinski definition) is 2. The average molecular weight is 381 g/mol. The Kier molecular flexibility index (Phi) is 12.7. The number of benzene rings is 1. The van der Waals surface area contributed by atoms with Gasteiger partial charge in [-0.15, -0.1) is 0 Å². The van der Waals surface area contributed by atoms with Gasteiger partial charge in [-0.25, -0.2) is 13.1 Å². The van der Waals surface area contributed by atoms with E-state index in [2.05, 4.69) is 17.7 Å². The number of hydrogen-bond donors (Lipinski definition) is 1. The maximum absolute atomic E-state index is 12.4. The Hall–Kier alpha value is -0.870. The lowest BCUT2D eigenvalue weighted by Gasteiger charge is -2.17. The summed E-state index contributed by atoms with van der Waals surface area (Å²) in [5.74, 6) is 0. The minimum Gasteiger partial charge on any atom is -0.208 e. The molecule has 0 aromatic heterocycles. The molecule has 1 aromatic rings. The van der Waals surface area contributed by atoms with Crippen LogP contribution in [0.1, 0.15) is 97.3 Å². The Morgan fingerprint density at radius 2 is 1.46 bits per heavy atom. The molecule has 1 rings (SSSR count). The highest BCUT2D eigenvalue weighted by molar-refractivity contribution is 7.89. The molecular formula is C22H38NO2S. The lowest BCUT2D eigenvalue weighted by Crippen LogP contribution is -2.34. The quantitative estimate of drug-likeness (QED) is 0.345. The first-order chi connectivity index (χ1) is 12.6. The van der Waals surface area contributed by atoms with E-state index in [0.29, 0.717) is 0 Å². The average Bonchev–Trinajstić information content (AvgIpc) is 2.65. The van der Waals surface area contributed by atoms with E-state index < -0.39 is 10.0 Å². The van der Waals surface area contributed by atoms with Gasteiger partial charge >= 0.3 is 0 Å². The molecule has 0 heterocycles. The molecule has 1 unspecified atom stereocenters. The first-order valence-corrected chi connectivity index (χ1v) is 12.1. The van der Waals surface area contributed by atoms with Crippen LogP contribution in [0.15, 0.2) is 29.2 Å². The molecule has 1 aromatic carbocycles. The van der Waals surface area contributed by atoms with Crippen LogP contribution in [-0.2, 0) is 10.0 Å². The van der Waals surface area contributed by atoms with Gasteiger partial charge in [0.1, 0.15) is 0 Å². The molecule has 0 aliphatic heterocycles. The van der Waals surface area contributed by atoms with Gasteiger partial charge < -0.3 is 0 Å². The Balaban J connectivity index is 2.11. The largest absolute Gasteiger partial charge is 0.241 e. The highest BCUT2D eigenvalue weighted by Gasteiger charge is 2.18. The summed E-state index contributed by atoms with van der Waals surface area (Å²) in [6.07, 6.45) is 16.2. The third-order valence-electron chi connectivity index (χ3n) is 4.94. The van der Waals surface area contributed by atoms with Crippen molar-refractivity contribution in [2.24, 2.45) is 0 Å². The van der Waals surface area contributed by atoms with Crippen LogP contribution in [0.3, 0.4) is 0 Å². The SMILES string of the molecule is CCCCCCCCCCCCCC(CC)NS(=O)(=O)c1[c]cccc1. The third-order valence-corrected chi connectivity index (χ3v) is 6.42. The van der Waals surface area contributed by atoms with Crippen molar-refractivity contribution in [1.29, 1.82) is 0 Å². The predicted molar refractivity (Wildman–Crippen MR) is 111 cm³/mol. The monoisotopic (exact) mass is 380 g/mol. The first kappa shape index (κ1) is 23.2. The second kappa shape index (κ2) is 14.2. The molecular weight excluding hydrogens is 342 g/mol. The lowest BCUT2D eigenvalue weighted by molar-refractivity contribution is 0.482. The van der Waals surface area contributed by atoms with Crippen LogP contribution in [0.5, 0.6) is 0 Å². The zero-order chi connectivity index (χ0) is 19.1. The second-order valence-corrected chi connectivity index (χ2v) is 8.96. The van der Waals surface area contributed by atoms with Crippen molar-refractivity contribution in [3.63, 3.8) is 0 Å². The van der Waals surface area contributed by atoms with Crippen LogP contribution < -0.4 is 4.72 Å². The van der Waals surface area contributed by atoms with Gasteiger partial charge in [0.25, 0.3) is 0 Å². The fourth-order valence-electron chi connectivity index (χ4n) is 3.23. The molecule has 0 aliphatic rings. The molecule has 0 saturated carbocycles. The van der Waals surface area contributed by atoms with Crippen molar-refractivity contribution in [2.45, 2.75) is 108 Å². The van der Waals surface area contributed by atoms with Crippen LogP contribution in [-0.4, -0.2) is 14.5 Å². The highest BCUT2D eigenvalue weighted by Crippen LogP contribution is 2.15. The minimum absolute atomic E-state index is 0.0205. The van der Waals surface area contributed by atoms with Gasteiger partial charge in [0.05, 0.1) is 4.90 Å². The molecule has 1 N–H and O–H groups in total. The molecule has 1 radical (unpaired) electrons. The summed E-state index contributed by atoms with van der Waals surface area (Å²) < 4.78 is 27.6. The molecule has 1 atom stereocenters. The van der Waals surface area contributed by atoms with Crippen LogP contribution in [0.2, 0.25) is 0 Å². The Morgan fingerprint density at radius 3 is 1.96 bits per heavy atom. The van der Waals surface area contributed by atoms with Gasteiger partial charge in [-0.2, -0.15) is 0 Å². The summed E-state index contributed by atoms with van der Waals surface area (Å²) in [5.41, 5.74) is 0. The summed E-state index contributed by atoms with van der Waals surface area (Å²) in [7, 11) is -3.44.